The van der Waals surface area contributed by atoms with E-state index in [1.807, 2.05) is 0 Å². The van der Waals surface area contributed by atoms with Gasteiger partial charge in [0.1, 0.15) is 5.54 Å². The van der Waals surface area contributed by atoms with E-state index in [2.05, 4.69) is 10.3 Å². The number of hydrogen-bond acceptors (Lipinski definition) is 3. The largest absolute Gasteiger partial charge is 0.480 e. The number of carboxylic acid groups (broad SMARTS) is 1. The van der Waals surface area contributed by atoms with Crippen molar-refractivity contribution in [3.05, 3.63) is 28.5 Å². The van der Waals surface area contributed by atoms with Crippen molar-refractivity contribution in [2.75, 3.05) is 0 Å². The number of aliphatic carboxylic acids is 1. The van der Waals surface area contributed by atoms with Crippen LogP contribution in [0.15, 0.2) is 12.3 Å². The van der Waals surface area contributed by atoms with E-state index in [0.717, 1.165) is 0 Å². The number of halogens is 1. The molecule has 1 aromatic rings. The minimum atomic E-state index is -1.36. The van der Waals surface area contributed by atoms with Crippen molar-refractivity contribution in [1.82, 2.24) is 10.3 Å². The number of hydrogen-bond donors (Lipinski definition) is 2. The molecule has 0 atom stereocenters. The zero-order valence-electron chi connectivity index (χ0n) is 9.74. The molecule has 5 nitrogen and oxygen atoms in total. The Bertz CT molecular complexity index is 472. The molecule has 0 unspecified atom stereocenters. The van der Waals surface area contributed by atoms with Gasteiger partial charge >= 0.3 is 5.97 Å². The minimum Gasteiger partial charge on any atom is -0.480 e. The molecule has 0 saturated carbocycles. The number of carbonyl (C=O) groups is 2. The third-order valence-corrected chi connectivity index (χ3v) is 2.51. The van der Waals surface area contributed by atoms with Crippen molar-refractivity contribution < 1.29 is 14.7 Å². The summed E-state index contributed by atoms with van der Waals surface area (Å²) in [6.45, 7) is 4.53. The Labute approximate surface area is 104 Å². The molecule has 0 saturated heterocycles. The molecule has 2 N–H and O–H groups in total. The fourth-order valence-corrected chi connectivity index (χ4v) is 1.39. The lowest BCUT2D eigenvalue weighted by atomic mass is 10.1. The lowest BCUT2D eigenvalue weighted by Crippen LogP contribution is -2.49. The van der Waals surface area contributed by atoms with Crippen LogP contribution in [0.4, 0.5) is 0 Å². The monoisotopic (exact) mass is 256 g/mol. The lowest BCUT2D eigenvalue weighted by Gasteiger charge is -2.21. The van der Waals surface area contributed by atoms with Gasteiger partial charge in [0.2, 0.25) is 0 Å². The summed E-state index contributed by atoms with van der Waals surface area (Å²) in [6, 6.07) is 1.55. The Balaban J connectivity index is 2.95. The summed E-state index contributed by atoms with van der Waals surface area (Å²) in [7, 11) is 0. The predicted molar refractivity (Wildman–Crippen MR) is 63.2 cm³/mol. The molecular formula is C11H13ClN2O3. The number of carbonyl (C=O) groups excluding carboxylic acids is 1. The first kappa shape index (κ1) is 13.4. The molecule has 1 amide bonds. The van der Waals surface area contributed by atoms with Crippen LogP contribution in [-0.4, -0.2) is 27.5 Å². The van der Waals surface area contributed by atoms with Gasteiger partial charge in [-0.1, -0.05) is 11.6 Å². The first-order valence-electron chi connectivity index (χ1n) is 4.92. The van der Waals surface area contributed by atoms with E-state index in [9.17, 15) is 9.59 Å². The van der Waals surface area contributed by atoms with Crippen molar-refractivity contribution >= 4 is 23.5 Å². The highest BCUT2D eigenvalue weighted by Gasteiger charge is 2.30. The number of aryl methyl sites for hydroxylation is 1. The van der Waals surface area contributed by atoms with Gasteiger partial charge in [-0.15, -0.1) is 0 Å². The zero-order chi connectivity index (χ0) is 13.2. The Hall–Kier alpha value is -1.62. The van der Waals surface area contributed by atoms with Gasteiger partial charge in [-0.25, -0.2) is 4.79 Å². The second-order valence-corrected chi connectivity index (χ2v) is 4.60. The predicted octanol–water partition coefficient (Wildman–Crippen LogP) is 1.64. The quantitative estimate of drug-likeness (QED) is 0.862. The van der Waals surface area contributed by atoms with Crippen LogP contribution in [-0.2, 0) is 4.79 Å². The number of pyridine rings is 1. The van der Waals surface area contributed by atoms with Crippen LogP contribution in [0, 0.1) is 6.92 Å². The number of nitrogens with zero attached hydrogens (tertiary/aromatic N) is 1. The molecule has 0 aromatic carbocycles. The van der Waals surface area contributed by atoms with Crippen LogP contribution in [0.3, 0.4) is 0 Å². The summed E-state index contributed by atoms with van der Waals surface area (Å²) >= 11 is 5.88. The van der Waals surface area contributed by atoms with E-state index in [4.69, 9.17) is 16.7 Å². The highest BCUT2D eigenvalue weighted by Crippen LogP contribution is 2.16. The van der Waals surface area contributed by atoms with Gasteiger partial charge in [0.05, 0.1) is 10.6 Å². The summed E-state index contributed by atoms with van der Waals surface area (Å²) in [5, 5.41) is 11.5. The van der Waals surface area contributed by atoms with Crippen LogP contribution >= 0.6 is 11.6 Å². The Morgan fingerprint density at radius 1 is 1.47 bits per heavy atom. The maximum atomic E-state index is 11.8. The van der Waals surface area contributed by atoms with E-state index < -0.39 is 17.4 Å². The van der Waals surface area contributed by atoms with Gasteiger partial charge in [0.15, 0.2) is 0 Å². The number of aromatic nitrogens is 1. The first-order chi connectivity index (χ1) is 7.74. The topological polar surface area (TPSA) is 79.3 Å². The van der Waals surface area contributed by atoms with Gasteiger partial charge in [-0.3, -0.25) is 9.78 Å². The molecule has 0 fully saturated rings. The maximum Gasteiger partial charge on any atom is 0.328 e. The van der Waals surface area contributed by atoms with Crippen LogP contribution in [0.1, 0.15) is 29.9 Å². The van der Waals surface area contributed by atoms with Crippen LogP contribution < -0.4 is 5.32 Å². The lowest BCUT2D eigenvalue weighted by molar-refractivity contribution is -0.143. The van der Waals surface area contributed by atoms with Gasteiger partial charge in [-0.05, 0) is 26.8 Å². The van der Waals surface area contributed by atoms with Gasteiger partial charge in [-0.2, -0.15) is 0 Å². The molecule has 6 heteroatoms. The number of carboxylic acids is 1. The Morgan fingerprint density at radius 3 is 2.53 bits per heavy atom. The van der Waals surface area contributed by atoms with Crippen molar-refractivity contribution in [2.24, 2.45) is 0 Å². The molecule has 1 heterocycles. The first-order valence-corrected chi connectivity index (χ1v) is 5.30. The van der Waals surface area contributed by atoms with E-state index in [-0.39, 0.29) is 10.6 Å². The van der Waals surface area contributed by atoms with Crippen molar-refractivity contribution in [3.63, 3.8) is 0 Å². The second kappa shape index (κ2) is 4.71. The van der Waals surface area contributed by atoms with E-state index >= 15 is 0 Å². The standard InChI is InChI=1S/C11H13ClN2O3/c1-6-4-8(12)7(5-13-6)9(15)14-11(2,3)10(16)17/h4-5H,1-3H3,(H,14,15)(H,16,17). The third-order valence-electron chi connectivity index (χ3n) is 2.20. The van der Waals surface area contributed by atoms with E-state index in [0.29, 0.717) is 5.69 Å². The van der Waals surface area contributed by atoms with Gasteiger partial charge < -0.3 is 10.4 Å². The van der Waals surface area contributed by atoms with E-state index in [1.165, 1.54) is 20.0 Å². The Morgan fingerprint density at radius 2 is 2.06 bits per heavy atom. The SMILES string of the molecule is Cc1cc(Cl)c(C(=O)NC(C)(C)C(=O)O)cn1. The summed E-state index contributed by atoms with van der Waals surface area (Å²) < 4.78 is 0. The molecule has 0 spiro atoms. The summed E-state index contributed by atoms with van der Waals surface area (Å²) in [6.07, 6.45) is 1.32. The molecule has 0 aliphatic rings. The third kappa shape index (κ3) is 3.17. The number of nitrogens with one attached hydrogen (secondary N) is 1. The average Bonchev–Trinajstić information content (AvgIpc) is 2.15. The minimum absolute atomic E-state index is 0.159. The van der Waals surface area contributed by atoms with Crippen molar-refractivity contribution in [2.45, 2.75) is 26.3 Å². The zero-order valence-corrected chi connectivity index (χ0v) is 10.5. The van der Waals surface area contributed by atoms with Crippen molar-refractivity contribution in [3.8, 4) is 0 Å². The summed E-state index contributed by atoms with van der Waals surface area (Å²) in [5.74, 6) is -1.68. The molecule has 1 aromatic heterocycles. The number of rotatable bonds is 3. The van der Waals surface area contributed by atoms with Crippen molar-refractivity contribution in [1.29, 1.82) is 0 Å². The van der Waals surface area contributed by atoms with Gasteiger partial charge in [0, 0.05) is 11.9 Å². The van der Waals surface area contributed by atoms with Crippen LogP contribution in [0.2, 0.25) is 5.02 Å². The molecule has 0 radical (unpaired) electrons. The Kier molecular flexibility index (Phi) is 3.72. The molecule has 1 rings (SSSR count). The normalized spacial score (nSPS) is 11.1. The molecular weight excluding hydrogens is 244 g/mol. The number of amides is 1. The maximum absolute atomic E-state index is 11.8. The average molecular weight is 257 g/mol. The fourth-order valence-electron chi connectivity index (χ4n) is 1.10. The highest BCUT2D eigenvalue weighted by molar-refractivity contribution is 6.33. The molecule has 0 bridgehead atoms. The van der Waals surface area contributed by atoms with Crippen LogP contribution in [0.5, 0.6) is 0 Å². The fraction of sp³-hybridized carbons (Fsp3) is 0.364. The van der Waals surface area contributed by atoms with Crippen LogP contribution in [0.25, 0.3) is 0 Å². The molecule has 0 aliphatic heterocycles. The van der Waals surface area contributed by atoms with Gasteiger partial charge in [0.25, 0.3) is 5.91 Å². The highest BCUT2D eigenvalue weighted by atomic mass is 35.5. The molecule has 92 valence electrons. The molecule has 17 heavy (non-hydrogen) atoms. The smallest absolute Gasteiger partial charge is 0.328 e. The second-order valence-electron chi connectivity index (χ2n) is 4.19. The summed E-state index contributed by atoms with van der Waals surface area (Å²) in [5.41, 5.74) is -0.513. The molecule has 0 aliphatic carbocycles. The van der Waals surface area contributed by atoms with E-state index in [1.54, 1.807) is 13.0 Å². The summed E-state index contributed by atoms with van der Waals surface area (Å²) in [4.78, 5) is 26.6.